The molecule has 2 atom stereocenters. The summed E-state index contributed by atoms with van der Waals surface area (Å²) in [5, 5.41) is 4.78. The largest absolute Gasteiger partial charge is 0.444 e. The molecule has 0 aromatic heterocycles. The number of alkyl halides is 3. The first-order valence-corrected chi connectivity index (χ1v) is 5.86. The number of ether oxygens (including phenoxy) is 1. The molecule has 0 aliphatic carbocycles. The summed E-state index contributed by atoms with van der Waals surface area (Å²) in [4.78, 5) is 11.4. The van der Waals surface area contributed by atoms with Crippen molar-refractivity contribution in [3.63, 3.8) is 0 Å². The number of hydrogen-bond donors (Lipinski definition) is 2. The summed E-state index contributed by atoms with van der Waals surface area (Å²) < 4.78 is 43.5. The van der Waals surface area contributed by atoms with Gasteiger partial charge in [0.2, 0.25) is 0 Å². The first kappa shape index (κ1) is 15.1. The van der Waals surface area contributed by atoms with Gasteiger partial charge in [-0.15, -0.1) is 0 Å². The second kappa shape index (κ2) is 5.34. The second-order valence-electron chi connectivity index (χ2n) is 5.42. The quantitative estimate of drug-likeness (QED) is 0.806. The summed E-state index contributed by atoms with van der Waals surface area (Å²) in [6, 6.07) is -1.86. The molecule has 106 valence electrons. The molecule has 0 aromatic carbocycles. The lowest BCUT2D eigenvalue weighted by atomic mass is 9.98. The third-order valence-electron chi connectivity index (χ3n) is 2.59. The Balaban J connectivity index is 2.64. The van der Waals surface area contributed by atoms with Crippen molar-refractivity contribution < 1.29 is 22.7 Å². The van der Waals surface area contributed by atoms with Crippen molar-refractivity contribution in [2.24, 2.45) is 5.92 Å². The van der Waals surface area contributed by atoms with Gasteiger partial charge in [-0.05, 0) is 33.7 Å². The van der Waals surface area contributed by atoms with E-state index in [-0.39, 0.29) is 6.54 Å². The van der Waals surface area contributed by atoms with Crippen LogP contribution < -0.4 is 10.6 Å². The van der Waals surface area contributed by atoms with Crippen molar-refractivity contribution in [2.45, 2.75) is 45.0 Å². The van der Waals surface area contributed by atoms with Crippen LogP contribution in [-0.2, 0) is 4.74 Å². The molecule has 0 unspecified atom stereocenters. The maximum Gasteiger partial charge on any atom is 0.409 e. The van der Waals surface area contributed by atoms with E-state index in [1.54, 1.807) is 20.8 Å². The summed E-state index contributed by atoms with van der Waals surface area (Å²) in [6.07, 6.45) is -5.11. The first-order valence-electron chi connectivity index (χ1n) is 5.86. The minimum absolute atomic E-state index is 0.250. The molecule has 1 amide bonds. The highest BCUT2D eigenvalue weighted by molar-refractivity contribution is 5.68. The zero-order chi connectivity index (χ0) is 14.0. The fourth-order valence-electron chi connectivity index (χ4n) is 1.86. The molecule has 1 fully saturated rings. The summed E-state index contributed by atoms with van der Waals surface area (Å²) in [7, 11) is 0. The predicted molar refractivity (Wildman–Crippen MR) is 60.2 cm³/mol. The standard InChI is InChI=1S/C11H19F3N2O2/c1-10(2,3)18-9(17)16-8(11(12,13)14)7-4-5-15-6-7/h7-8,15H,4-6H2,1-3H3,(H,16,17)/t7-,8+/m1/s1. The van der Waals surface area contributed by atoms with E-state index in [2.05, 4.69) is 5.32 Å². The molecular weight excluding hydrogens is 249 g/mol. The van der Waals surface area contributed by atoms with E-state index in [1.807, 2.05) is 5.32 Å². The number of hydrogen-bond acceptors (Lipinski definition) is 3. The Labute approximate surface area is 104 Å². The molecule has 1 rings (SSSR count). The molecule has 1 saturated heterocycles. The average Bonchev–Trinajstić information content (AvgIpc) is 2.61. The highest BCUT2D eigenvalue weighted by Crippen LogP contribution is 2.29. The van der Waals surface area contributed by atoms with Gasteiger partial charge >= 0.3 is 12.3 Å². The maximum absolute atomic E-state index is 12.9. The van der Waals surface area contributed by atoms with E-state index in [1.165, 1.54) is 0 Å². The average molecular weight is 268 g/mol. The Hall–Kier alpha value is -0.980. The van der Waals surface area contributed by atoms with E-state index >= 15 is 0 Å². The Morgan fingerprint density at radius 1 is 1.39 bits per heavy atom. The van der Waals surface area contributed by atoms with E-state index in [0.717, 1.165) is 0 Å². The lowest BCUT2D eigenvalue weighted by Gasteiger charge is -2.28. The van der Waals surface area contributed by atoms with Crippen molar-refractivity contribution in [1.29, 1.82) is 0 Å². The molecular formula is C11H19F3N2O2. The summed E-state index contributed by atoms with van der Waals surface area (Å²) >= 11 is 0. The van der Waals surface area contributed by atoms with Crippen LogP contribution >= 0.6 is 0 Å². The van der Waals surface area contributed by atoms with Crippen molar-refractivity contribution in [2.75, 3.05) is 13.1 Å². The minimum Gasteiger partial charge on any atom is -0.444 e. The summed E-state index contributed by atoms with van der Waals surface area (Å²) in [6.45, 7) is 5.60. The van der Waals surface area contributed by atoms with E-state index in [9.17, 15) is 18.0 Å². The number of carbonyl (C=O) groups is 1. The highest BCUT2D eigenvalue weighted by atomic mass is 19.4. The fraction of sp³-hybridized carbons (Fsp3) is 0.909. The van der Waals surface area contributed by atoms with E-state index in [0.29, 0.717) is 13.0 Å². The van der Waals surface area contributed by atoms with Crippen molar-refractivity contribution >= 4 is 6.09 Å². The molecule has 7 heteroatoms. The molecule has 1 aliphatic rings. The van der Waals surface area contributed by atoms with Crippen LogP contribution in [0.4, 0.5) is 18.0 Å². The van der Waals surface area contributed by atoms with Gasteiger partial charge in [-0.1, -0.05) is 0 Å². The number of carbonyl (C=O) groups excluding carboxylic acids is 1. The van der Waals surface area contributed by atoms with Crippen molar-refractivity contribution in [3.8, 4) is 0 Å². The molecule has 0 aromatic rings. The van der Waals surface area contributed by atoms with Crippen molar-refractivity contribution in [3.05, 3.63) is 0 Å². The van der Waals surface area contributed by atoms with Crippen LogP contribution in [0, 0.1) is 5.92 Å². The molecule has 0 radical (unpaired) electrons. The van der Waals surface area contributed by atoms with Crippen LogP contribution in [-0.4, -0.2) is 37.0 Å². The molecule has 1 heterocycles. The van der Waals surface area contributed by atoms with Crippen LogP contribution in [0.1, 0.15) is 27.2 Å². The van der Waals surface area contributed by atoms with Gasteiger partial charge in [-0.2, -0.15) is 13.2 Å². The summed E-state index contributed by atoms with van der Waals surface area (Å²) in [5.74, 6) is -0.641. The molecule has 2 N–H and O–H groups in total. The number of alkyl carbamates (subject to hydrolysis) is 1. The van der Waals surface area contributed by atoms with Crippen LogP contribution in [0.15, 0.2) is 0 Å². The predicted octanol–water partition coefficient (Wildman–Crippen LogP) is 2.05. The molecule has 0 spiro atoms. The monoisotopic (exact) mass is 268 g/mol. The van der Waals surface area contributed by atoms with Gasteiger partial charge in [0.15, 0.2) is 0 Å². The van der Waals surface area contributed by atoms with Crippen LogP contribution in [0.3, 0.4) is 0 Å². The fourth-order valence-corrected chi connectivity index (χ4v) is 1.86. The van der Waals surface area contributed by atoms with Gasteiger partial charge in [0.25, 0.3) is 0 Å². The third kappa shape index (κ3) is 4.72. The molecule has 0 bridgehead atoms. The van der Waals surface area contributed by atoms with Gasteiger partial charge < -0.3 is 15.4 Å². The number of halogens is 3. The van der Waals surface area contributed by atoms with Gasteiger partial charge in [0, 0.05) is 12.5 Å². The number of amides is 1. The topological polar surface area (TPSA) is 50.4 Å². The number of nitrogens with one attached hydrogen (secondary N) is 2. The third-order valence-corrected chi connectivity index (χ3v) is 2.59. The molecule has 0 saturated carbocycles. The van der Waals surface area contributed by atoms with Crippen LogP contribution in [0.25, 0.3) is 0 Å². The van der Waals surface area contributed by atoms with E-state index < -0.39 is 29.8 Å². The molecule has 4 nitrogen and oxygen atoms in total. The van der Waals surface area contributed by atoms with Gasteiger partial charge in [-0.3, -0.25) is 0 Å². The van der Waals surface area contributed by atoms with Gasteiger partial charge in [0.05, 0.1) is 0 Å². The van der Waals surface area contributed by atoms with Crippen LogP contribution in [0.2, 0.25) is 0 Å². The normalized spacial score (nSPS) is 22.7. The first-order chi connectivity index (χ1) is 8.09. The minimum atomic E-state index is -4.46. The van der Waals surface area contributed by atoms with E-state index in [4.69, 9.17) is 4.74 Å². The Morgan fingerprint density at radius 3 is 2.39 bits per heavy atom. The Morgan fingerprint density at radius 2 is 2.00 bits per heavy atom. The zero-order valence-corrected chi connectivity index (χ0v) is 10.7. The smallest absolute Gasteiger partial charge is 0.409 e. The Kier molecular flexibility index (Phi) is 4.47. The molecule has 1 aliphatic heterocycles. The maximum atomic E-state index is 12.9. The Bertz CT molecular complexity index is 294. The van der Waals surface area contributed by atoms with Crippen molar-refractivity contribution in [1.82, 2.24) is 10.6 Å². The second-order valence-corrected chi connectivity index (χ2v) is 5.42. The number of rotatable bonds is 2. The van der Waals surface area contributed by atoms with Crippen LogP contribution in [0.5, 0.6) is 0 Å². The lowest BCUT2D eigenvalue weighted by Crippen LogP contribution is -2.51. The summed E-state index contributed by atoms with van der Waals surface area (Å²) in [5.41, 5.74) is -0.811. The van der Waals surface area contributed by atoms with Gasteiger partial charge in [-0.25, -0.2) is 4.79 Å². The SMILES string of the molecule is CC(C)(C)OC(=O)N[C@@H]([C@@H]1CCNC1)C(F)(F)F. The lowest BCUT2D eigenvalue weighted by molar-refractivity contribution is -0.165. The highest BCUT2D eigenvalue weighted by Gasteiger charge is 2.46. The van der Waals surface area contributed by atoms with Gasteiger partial charge in [0.1, 0.15) is 11.6 Å². The zero-order valence-electron chi connectivity index (χ0n) is 10.7. The molecule has 18 heavy (non-hydrogen) atoms.